The Labute approximate surface area is 134 Å². The molecule has 2 aromatic rings. The van der Waals surface area contributed by atoms with Crippen LogP contribution in [0.15, 0.2) is 42.5 Å². The minimum atomic E-state index is -4.65. The molecule has 3 nitrogen and oxygen atoms in total. The van der Waals surface area contributed by atoms with Gasteiger partial charge in [-0.3, -0.25) is 0 Å². The van der Waals surface area contributed by atoms with E-state index in [9.17, 15) is 26.7 Å². The van der Waals surface area contributed by atoms with E-state index in [0.29, 0.717) is 23.8 Å². The fraction of sp³-hybridized carbons (Fsp3) is 0.188. The van der Waals surface area contributed by atoms with Crippen LogP contribution in [0.3, 0.4) is 0 Å². The minimum absolute atomic E-state index is 0.0761. The van der Waals surface area contributed by atoms with Gasteiger partial charge < -0.3 is 10.2 Å². The molecule has 24 heavy (non-hydrogen) atoms. The predicted molar refractivity (Wildman–Crippen MR) is 78.3 cm³/mol. The first-order chi connectivity index (χ1) is 11.2. The zero-order valence-electron chi connectivity index (χ0n) is 12.5. The average molecular weight is 344 g/mol. The van der Waals surface area contributed by atoms with Gasteiger partial charge in [0.15, 0.2) is 0 Å². The lowest BCUT2D eigenvalue weighted by Gasteiger charge is -2.19. The molecular formula is C16H13F5N2O. The summed E-state index contributed by atoms with van der Waals surface area (Å²) in [6.07, 6.45) is -4.65. The third-order valence-corrected chi connectivity index (χ3v) is 3.21. The maximum atomic E-state index is 13.6. The van der Waals surface area contributed by atoms with E-state index in [2.05, 4.69) is 5.32 Å². The molecule has 2 aromatic carbocycles. The summed E-state index contributed by atoms with van der Waals surface area (Å²) < 4.78 is 64.4. The SMILES string of the molecule is CN(Cc1ccc(F)cc1)C(=O)Nc1cc(C(F)(F)F)ccc1F. The van der Waals surface area contributed by atoms with Crippen LogP contribution < -0.4 is 5.32 Å². The van der Waals surface area contributed by atoms with E-state index in [4.69, 9.17) is 0 Å². The van der Waals surface area contributed by atoms with E-state index in [0.717, 1.165) is 4.90 Å². The van der Waals surface area contributed by atoms with E-state index >= 15 is 0 Å². The second kappa shape index (κ2) is 6.86. The molecule has 2 rings (SSSR count). The van der Waals surface area contributed by atoms with Crippen LogP contribution in [0.25, 0.3) is 0 Å². The highest BCUT2D eigenvalue weighted by molar-refractivity contribution is 5.89. The van der Waals surface area contributed by atoms with Gasteiger partial charge in [0.2, 0.25) is 0 Å². The molecule has 2 amide bonds. The highest BCUT2D eigenvalue weighted by atomic mass is 19.4. The number of rotatable bonds is 3. The molecule has 0 fully saturated rings. The molecule has 0 heterocycles. The number of anilines is 1. The Bertz CT molecular complexity index is 728. The second-order valence-electron chi connectivity index (χ2n) is 5.11. The van der Waals surface area contributed by atoms with Crippen LogP contribution in [0.5, 0.6) is 0 Å². The lowest BCUT2D eigenvalue weighted by molar-refractivity contribution is -0.137. The van der Waals surface area contributed by atoms with Crippen molar-refractivity contribution in [2.24, 2.45) is 0 Å². The van der Waals surface area contributed by atoms with Crippen LogP contribution in [0.1, 0.15) is 11.1 Å². The maximum absolute atomic E-state index is 13.6. The molecule has 0 aliphatic rings. The number of benzene rings is 2. The number of amides is 2. The van der Waals surface area contributed by atoms with E-state index in [1.807, 2.05) is 0 Å². The van der Waals surface area contributed by atoms with Crippen molar-refractivity contribution >= 4 is 11.7 Å². The Morgan fingerprint density at radius 3 is 2.29 bits per heavy atom. The van der Waals surface area contributed by atoms with Gasteiger partial charge in [-0.1, -0.05) is 12.1 Å². The van der Waals surface area contributed by atoms with E-state index in [1.54, 1.807) is 0 Å². The Hall–Kier alpha value is -2.64. The Kier molecular flexibility index (Phi) is 5.06. The van der Waals surface area contributed by atoms with Crippen LogP contribution in [-0.4, -0.2) is 18.0 Å². The third kappa shape index (κ3) is 4.43. The number of urea groups is 1. The lowest BCUT2D eigenvalue weighted by atomic mass is 10.2. The zero-order valence-corrected chi connectivity index (χ0v) is 12.5. The fourth-order valence-corrected chi connectivity index (χ4v) is 1.94. The van der Waals surface area contributed by atoms with Gasteiger partial charge in [0.05, 0.1) is 11.3 Å². The van der Waals surface area contributed by atoms with Crippen LogP contribution in [0, 0.1) is 11.6 Å². The molecule has 8 heteroatoms. The van der Waals surface area contributed by atoms with Crippen molar-refractivity contribution in [1.29, 1.82) is 0 Å². The summed E-state index contributed by atoms with van der Waals surface area (Å²) in [6.45, 7) is 0.0761. The number of carbonyl (C=O) groups is 1. The molecule has 0 unspecified atom stereocenters. The number of nitrogens with zero attached hydrogens (tertiary/aromatic N) is 1. The van der Waals surface area contributed by atoms with E-state index < -0.39 is 35.1 Å². The quantitative estimate of drug-likeness (QED) is 0.808. The molecule has 0 bridgehead atoms. The zero-order chi connectivity index (χ0) is 17.9. The number of hydrogen-bond acceptors (Lipinski definition) is 1. The standard InChI is InChI=1S/C16H13F5N2O/c1-23(9-10-2-5-12(17)6-3-10)15(24)22-14-8-11(16(19,20)21)4-7-13(14)18/h2-8H,9H2,1H3,(H,22,24). The molecule has 0 aliphatic carbocycles. The van der Waals surface area contributed by atoms with Crippen molar-refractivity contribution in [3.63, 3.8) is 0 Å². The van der Waals surface area contributed by atoms with Crippen LogP contribution in [-0.2, 0) is 12.7 Å². The predicted octanol–water partition coefficient (Wildman–Crippen LogP) is 4.65. The number of carbonyl (C=O) groups excluding carboxylic acids is 1. The highest BCUT2D eigenvalue weighted by Gasteiger charge is 2.31. The van der Waals surface area contributed by atoms with Gasteiger partial charge in [-0.25, -0.2) is 13.6 Å². The summed E-state index contributed by atoms with van der Waals surface area (Å²) in [5.74, 6) is -1.41. The number of halogens is 5. The maximum Gasteiger partial charge on any atom is 0.416 e. The Morgan fingerprint density at radius 2 is 1.71 bits per heavy atom. The van der Waals surface area contributed by atoms with Gasteiger partial charge in [0, 0.05) is 13.6 Å². The van der Waals surface area contributed by atoms with Crippen molar-refractivity contribution in [3.05, 3.63) is 65.2 Å². The number of hydrogen-bond donors (Lipinski definition) is 1. The van der Waals surface area contributed by atoms with Gasteiger partial charge in [-0.15, -0.1) is 0 Å². The molecule has 0 aromatic heterocycles. The molecule has 128 valence electrons. The summed E-state index contributed by atoms with van der Waals surface area (Å²) >= 11 is 0. The number of alkyl halides is 3. The molecule has 0 saturated carbocycles. The molecule has 0 saturated heterocycles. The topological polar surface area (TPSA) is 32.3 Å². The van der Waals surface area contributed by atoms with Crippen LogP contribution in [0.4, 0.5) is 32.4 Å². The first kappa shape index (κ1) is 17.7. The Balaban J connectivity index is 2.09. The summed E-state index contributed by atoms with van der Waals surface area (Å²) in [5.41, 5.74) is -1.03. The fourth-order valence-electron chi connectivity index (χ4n) is 1.94. The summed E-state index contributed by atoms with van der Waals surface area (Å²) in [6, 6.07) is 6.32. The largest absolute Gasteiger partial charge is 0.416 e. The average Bonchev–Trinajstić information content (AvgIpc) is 2.50. The van der Waals surface area contributed by atoms with E-state index in [-0.39, 0.29) is 6.54 Å². The third-order valence-electron chi connectivity index (χ3n) is 3.21. The first-order valence-electron chi connectivity index (χ1n) is 6.80. The molecule has 1 N–H and O–H groups in total. The van der Waals surface area contributed by atoms with Crippen molar-refractivity contribution in [3.8, 4) is 0 Å². The normalized spacial score (nSPS) is 11.2. The summed E-state index contributed by atoms with van der Waals surface area (Å²) in [4.78, 5) is 13.1. The van der Waals surface area contributed by atoms with Gasteiger partial charge in [0.25, 0.3) is 0 Å². The summed E-state index contributed by atoms with van der Waals surface area (Å²) in [5, 5.41) is 2.09. The van der Waals surface area contributed by atoms with Crippen LogP contribution in [0.2, 0.25) is 0 Å². The molecule has 0 radical (unpaired) electrons. The smallest absolute Gasteiger partial charge is 0.323 e. The monoisotopic (exact) mass is 344 g/mol. The second-order valence-corrected chi connectivity index (χ2v) is 5.11. The van der Waals surface area contributed by atoms with E-state index in [1.165, 1.54) is 31.3 Å². The minimum Gasteiger partial charge on any atom is -0.323 e. The molecular weight excluding hydrogens is 331 g/mol. The molecule has 0 spiro atoms. The van der Waals surface area contributed by atoms with Crippen molar-refractivity contribution in [2.45, 2.75) is 12.7 Å². The lowest BCUT2D eigenvalue weighted by Crippen LogP contribution is -2.31. The van der Waals surface area contributed by atoms with Crippen molar-refractivity contribution in [2.75, 3.05) is 12.4 Å². The van der Waals surface area contributed by atoms with Crippen molar-refractivity contribution in [1.82, 2.24) is 4.90 Å². The Morgan fingerprint density at radius 1 is 1.08 bits per heavy atom. The van der Waals surface area contributed by atoms with Gasteiger partial charge >= 0.3 is 12.2 Å². The van der Waals surface area contributed by atoms with Crippen molar-refractivity contribution < 1.29 is 26.7 Å². The summed E-state index contributed by atoms with van der Waals surface area (Å²) in [7, 11) is 1.38. The van der Waals surface area contributed by atoms with Gasteiger partial charge in [0.1, 0.15) is 11.6 Å². The number of nitrogens with one attached hydrogen (secondary N) is 1. The molecule has 0 aliphatic heterocycles. The first-order valence-corrected chi connectivity index (χ1v) is 6.80. The highest BCUT2D eigenvalue weighted by Crippen LogP contribution is 2.31. The van der Waals surface area contributed by atoms with Gasteiger partial charge in [-0.2, -0.15) is 13.2 Å². The van der Waals surface area contributed by atoms with Gasteiger partial charge in [-0.05, 0) is 35.9 Å². The van der Waals surface area contributed by atoms with Crippen LogP contribution >= 0.6 is 0 Å². The molecule has 0 atom stereocenters.